The molecule has 1 unspecified atom stereocenters. The van der Waals surface area contributed by atoms with Gasteiger partial charge in [-0.3, -0.25) is 0 Å². The van der Waals surface area contributed by atoms with Crippen LogP contribution in [0, 0.1) is 5.92 Å². The van der Waals surface area contributed by atoms with Crippen molar-refractivity contribution >= 4 is 39.3 Å². The smallest absolute Gasteiger partial charge is 0.320 e. The minimum atomic E-state index is -3.22. The Hall–Kier alpha value is -1.06. The van der Waals surface area contributed by atoms with Crippen LogP contribution < -0.4 is 5.73 Å². The van der Waals surface area contributed by atoms with Gasteiger partial charge in [0.15, 0.2) is 0 Å². The number of nitrogens with zero attached hydrogens (tertiary/aromatic N) is 3. The molecule has 0 saturated carbocycles. The molecular formula is C17H24Cl2N4O3S. The molecule has 2 amide bonds. The van der Waals surface area contributed by atoms with E-state index in [0.717, 1.165) is 5.56 Å². The first-order valence-electron chi connectivity index (χ1n) is 8.84. The molecule has 1 aromatic rings. The van der Waals surface area contributed by atoms with Gasteiger partial charge in [-0.1, -0.05) is 29.3 Å². The summed E-state index contributed by atoms with van der Waals surface area (Å²) >= 11 is 12.2. The highest BCUT2D eigenvalue weighted by molar-refractivity contribution is 7.88. The number of amides is 2. The highest BCUT2D eigenvalue weighted by Crippen LogP contribution is 2.35. The van der Waals surface area contributed by atoms with Crippen LogP contribution in [-0.2, 0) is 10.0 Å². The predicted octanol–water partition coefficient (Wildman–Crippen LogP) is 1.66. The SMILES string of the molecule is CS(=O)(=O)N1CCN(C(=O)N2CC(CN)[C@@H](c3ccc(Cl)c(Cl)c3)C2)CC1. The molecule has 27 heavy (non-hydrogen) atoms. The standard InChI is InChI=1S/C17H24Cl2N4O3S/c1-27(25,26)23-6-4-21(5-7-23)17(24)22-10-13(9-20)14(11-22)12-2-3-15(18)16(19)8-12/h2-3,8,13-14H,4-7,9-11,20H2,1H3/t13?,14-/m1/s1. The van der Waals surface area contributed by atoms with Crippen molar-refractivity contribution < 1.29 is 13.2 Å². The molecule has 0 aliphatic carbocycles. The number of nitrogens with two attached hydrogens (primary N) is 1. The topological polar surface area (TPSA) is 87.0 Å². The van der Waals surface area contributed by atoms with Gasteiger partial charge in [-0.05, 0) is 30.2 Å². The summed E-state index contributed by atoms with van der Waals surface area (Å²) in [7, 11) is -3.22. The van der Waals surface area contributed by atoms with Crippen molar-refractivity contribution in [3.8, 4) is 0 Å². The van der Waals surface area contributed by atoms with Crippen LogP contribution in [0.5, 0.6) is 0 Å². The van der Waals surface area contributed by atoms with Crippen LogP contribution in [0.4, 0.5) is 4.79 Å². The van der Waals surface area contributed by atoms with Gasteiger partial charge < -0.3 is 15.5 Å². The third-order valence-corrected chi connectivity index (χ3v) is 7.41. The Morgan fingerprint density at radius 3 is 2.33 bits per heavy atom. The van der Waals surface area contributed by atoms with Crippen molar-refractivity contribution in [1.82, 2.24) is 14.1 Å². The first-order valence-corrected chi connectivity index (χ1v) is 11.4. The fourth-order valence-electron chi connectivity index (χ4n) is 3.80. The summed E-state index contributed by atoms with van der Waals surface area (Å²) in [5.74, 6) is 0.245. The van der Waals surface area contributed by atoms with Gasteiger partial charge in [-0.15, -0.1) is 0 Å². The Bertz CT molecular complexity index is 812. The summed E-state index contributed by atoms with van der Waals surface area (Å²) in [4.78, 5) is 16.4. The second-order valence-electron chi connectivity index (χ2n) is 7.11. The molecule has 2 fully saturated rings. The molecule has 150 valence electrons. The van der Waals surface area contributed by atoms with Gasteiger partial charge in [0, 0.05) is 45.2 Å². The molecule has 0 radical (unpaired) electrons. The van der Waals surface area contributed by atoms with Gasteiger partial charge in [0.05, 0.1) is 16.3 Å². The summed E-state index contributed by atoms with van der Waals surface area (Å²) in [6.45, 7) is 3.05. The Morgan fingerprint density at radius 2 is 1.78 bits per heavy atom. The lowest BCUT2D eigenvalue weighted by molar-refractivity contribution is 0.141. The predicted molar refractivity (Wildman–Crippen MR) is 107 cm³/mol. The number of hydrogen-bond donors (Lipinski definition) is 1. The summed E-state index contributed by atoms with van der Waals surface area (Å²) in [5.41, 5.74) is 6.98. The molecule has 0 spiro atoms. The summed E-state index contributed by atoms with van der Waals surface area (Å²) in [6.07, 6.45) is 1.19. The van der Waals surface area contributed by atoms with Crippen LogP contribution >= 0.6 is 23.2 Å². The largest absolute Gasteiger partial charge is 0.330 e. The normalized spacial score (nSPS) is 24.4. The maximum atomic E-state index is 12.9. The minimum Gasteiger partial charge on any atom is -0.330 e. The average molecular weight is 435 g/mol. The monoisotopic (exact) mass is 434 g/mol. The van der Waals surface area contributed by atoms with E-state index in [0.29, 0.717) is 55.9 Å². The zero-order valence-corrected chi connectivity index (χ0v) is 17.5. The lowest BCUT2D eigenvalue weighted by Crippen LogP contribution is -2.53. The van der Waals surface area contributed by atoms with Crippen LogP contribution in [0.2, 0.25) is 10.0 Å². The zero-order chi connectivity index (χ0) is 19.8. The first-order chi connectivity index (χ1) is 12.7. The number of sulfonamides is 1. The van der Waals surface area contributed by atoms with Crippen molar-refractivity contribution in [2.24, 2.45) is 11.7 Å². The lowest BCUT2D eigenvalue weighted by atomic mass is 9.89. The van der Waals surface area contributed by atoms with Crippen molar-refractivity contribution in [3.63, 3.8) is 0 Å². The number of halogens is 2. The third kappa shape index (κ3) is 4.51. The van der Waals surface area contributed by atoms with Crippen LogP contribution in [0.15, 0.2) is 18.2 Å². The summed E-state index contributed by atoms with van der Waals surface area (Å²) < 4.78 is 24.7. The quantitative estimate of drug-likeness (QED) is 0.783. The zero-order valence-electron chi connectivity index (χ0n) is 15.1. The molecule has 0 bridgehead atoms. The minimum absolute atomic E-state index is 0.0656. The number of likely N-dealkylation sites (tertiary alicyclic amines) is 1. The maximum absolute atomic E-state index is 12.9. The number of carbonyl (C=O) groups is 1. The molecule has 2 heterocycles. The van der Waals surface area contributed by atoms with Gasteiger partial charge >= 0.3 is 6.03 Å². The van der Waals surface area contributed by atoms with E-state index in [4.69, 9.17) is 28.9 Å². The fraction of sp³-hybridized carbons (Fsp3) is 0.588. The van der Waals surface area contributed by atoms with Gasteiger partial charge in [0.2, 0.25) is 10.0 Å². The second-order valence-corrected chi connectivity index (χ2v) is 9.91. The highest BCUT2D eigenvalue weighted by atomic mass is 35.5. The van der Waals surface area contributed by atoms with Crippen molar-refractivity contribution in [1.29, 1.82) is 0 Å². The molecule has 1 aromatic carbocycles. The second kappa shape index (κ2) is 8.13. The van der Waals surface area contributed by atoms with Gasteiger partial charge in [-0.25, -0.2) is 13.2 Å². The van der Waals surface area contributed by atoms with Crippen LogP contribution in [-0.4, -0.2) is 80.6 Å². The number of rotatable bonds is 3. The van der Waals surface area contributed by atoms with E-state index in [-0.39, 0.29) is 17.9 Å². The molecule has 2 aliphatic rings. The number of hydrogen-bond acceptors (Lipinski definition) is 4. The molecule has 2 atom stereocenters. The van der Waals surface area contributed by atoms with Crippen LogP contribution in [0.3, 0.4) is 0 Å². The Balaban J connectivity index is 1.67. The Labute approximate surface area is 170 Å². The van der Waals surface area contributed by atoms with E-state index in [1.165, 1.54) is 10.6 Å². The van der Waals surface area contributed by atoms with Gasteiger partial charge in [0.25, 0.3) is 0 Å². The Morgan fingerprint density at radius 1 is 1.11 bits per heavy atom. The number of piperazine rings is 1. The number of urea groups is 1. The molecule has 2 N–H and O–H groups in total. The fourth-order valence-corrected chi connectivity index (χ4v) is 4.93. The molecule has 0 aromatic heterocycles. The first kappa shape index (κ1) is 20.7. The van der Waals surface area contributed by atoms with Crippen LogP contribution in [0.25, 0.3) is 0 Å². The summed E-state index contributed by atoms with van der Waals surface area (Å²) in [6, 6.07) is 5.47. The molecular weight excluding hydrogens is 411 g/mol. The molecule has 7 nitrogen and oxygen atoms in total. The average Bonchev–Trinajstić information content (AvgIpc) is 3.07. The Kier molecular flexibility index (Phi) is 6.22. The summed E-state index contributed by atoms with van der Waals surface area (Å²) in [5, 5.41) is 0.992. The van der Waals surface area contributed by atoms with E-state index in [2.05, 4.69) is 0 Å². The number of benzene rings is 1. The van der Waals surface area contributed by atoms with Crippen molar-refractivity contribution in [3.05, 3.63) is 33.8 Å². The lowest BCUT2D eigenvalue weighted by Gasteiger charge is -2.35. The molecule has 3 rings (SSSR count). The van der Waals surface area contributed by atoms with Crippen molar-refractivity contribution in [2.45, 2.75) is 5.92 Å². The van der Waals surface area contributed by atoms with Crippen LogP contribution in [0.1, 0.15) is 11.5 Å². The van der Waals surface area contributed by atoms with E-state index in [1.54, 1.807) is 15.9 Å². The third-order valence-electron chi connectivity index (χ3n) is 5.36. The maximum Gasteiger partial charge on any atom is 0.320 e. The number of carbonyl (C=O) groups excluding carboxylic acids is 1. The van der Waals surface area contributed by atoms with Gasteiger partial charge in [0.1, 0.15) is 0 Å². The van der Waals surface area contributed by atoms with E-state index >= 15 is 0 Å². The molecule has 2 aliphatic heterocycles. The van der Waals surface area contributed by atoms with E-state index in [1.807, 2.05) is 12.1 Å². The van der Waals surface area contributed by atoms with Gasteiger partial charge in [-0.2, -0.15) is 4.31 Å². The van der Waals surface area contributed by atoms with E-state index < -0.39 is 10.0 Å². The molecule has 10 heteroatoms. The molecule has 2 saturated heterocycles. The van der Waals surface area contributed by atoms with Crippen molar-refractivity contribution in [2.75, 3.05) is 52.1 Å². The highest BCUT2D eigenvalue weighted by Gasteiger charge is 2.38. The van der Waals surface area contributed by atoms with E-state index in [9.17, 15) is 13.2 Å².